The van der Waals surface area contributed by atoms with Crippen LogP contribution in [0.25, 0.3) is 0 Å². The summed E-state index contributed by atoms with van der Waals surface area (Å²) >= 11 is 7.27. The Morgan fingerprint density at radius 1 is 0.903 bits per heavy atom. The van der Waals surface area contributed by atoms with Gasteiger partial charge in [0.1, 0.15) is 10.6 Å². The number of carbonyl (C=O) groups is 2. The Kier molecular flexibility index (Phi) is 6.16. The van der Waals surface area contributed by atoms with E-state index in [0.717, 1.165) is 27.3 Å². The van der Waals surface area contributed by atoms with E-state index in [2.05, 4.69) is 5.32 Å². The van der Waals surface area contributed by atoms with Crippen molar-refractivity contribution in [3.8, 4) is 0 Å². The molecular weight excluding hydrogens is 428 g/mol. The Morgan fingerprint density at radius 2 is 1.61 bits per heavy atom. The molecule has 6 heteroatoms. The van der Waals surface area contributed by atoms with Crippen molar-refractivity contribution < 1.29 is 9.59 Å². The predicted molar refractivity (Wildman–Crippen MR) is 126 cm³/mol. The number of hydrogen-bond donors (Lipinski definition) is 1. The number of thioether (sulfide) groups is 1. The summed E-state index contributed by atoms with van der Waals surface area (Å²) in [6, 6.07) is 22.7. The van der Waals surface area contributed by atoms with Gasteiger partial charge >= 0.3 is 0 Å². The molecule has 1 aliphatic rings. The average molecular weight is 449 g/mol. The number of benzene rings is 3. The number of anilines is 1. The minimum Gasteiger partial charge on any atom is -0.350 e. The van der Waals surface area contributed by atoms with Crippen molar-refractivity contribution in [2.24, 2.45) is 0 Å². The van der Waals surface area contributed by atoms with Crippen LogP contribution in [0, 0.1) is 13.8 Å². The largest absolute Gasteiger partial charge is 0.350 e. The van der Waals surface area contributed by atoms with E-state index in [1.807, 2.05) is 74.5 Å². The summed E-state index contributed by atoms with van der Waals surface area (Å²) in [7, 11) is 0. The summed E-state index contributed by atoms with van der Waals surface area (Å²) in [4.78, 5) is 29.1. The molecule has 2 amide bonds. The standard InChI is InChI=1S/C25H21ClN2O2S/c1-16-8-9-17(2)21(14-16)27-22-23(31-20-12-10-19(26)11-13-20)25(30)28(24(22)29)15-18-6-4-3-5-7-18/h3-14,27H,15H2,1-2H3. The van der Waals surface area contributed by atoms with E-state index >= 15 is 0 Å². The summed E-state index contributed by atoms with van der Waals surface area (Å²) in [5, 5.41) is 3.87. The maximum absolute atomic E-state index is 13.3. The summed E-state index contributed by atoms with van der Waals surface area (Å²) in [6.45, 7) is 4.18. The van der Waals surface area contributed by atoms with E-state index in [9.17, 15) is 9.59 Å². The fourth-order valence-corrected chi connectivity index (χ4v) is 4.37. The SMILES string of the molecule is Cc1ccc(C)c(NC2=C(Sc3ccc(Cl)cc3)C(=O)N(Cc3ccccc3)C2=O)c1. The molecule has 0 saturated carbocycles. The van der Waals surface area contributed by atoms with Crippen molar-refractivity contribution in [2.45, 2.75) is 25.3 Å². The molecule has 4 nitrogen and oxygen atoms in total. The summed E-state index contributed by atoms with van der Waals surface area (Å²) < 4.78 is 0. The number of amides is 2. The molecule has 0 aliphatic carbocycles. The molecule has 3 aromatic rings. The van der Waals surface area contributed by atoms with E-state index in [1.165, 1.54) is 16.7 Å². The van der Waals surface area contributed by atoms with Crippen molar-refractivity contribution in [1.29, 1.82) is 0 Å². The minimum atomic E-state index is -0.328. The van der Waals surface area contributed by atoms with Crippen LogP contribution in [-0.2, 0) is 16.1 Å². The Balaban J connectivity index is 1.70. The van der Waals surface area contributed by atoms with E-state index in [4.69, 9.17) is 11.6 Å². The third kappa shape index (κ3) is 4.68. The molecule has 31 heavy (non-hydrogen) atoms. The third-order valence-corrected chi connectivity index (χ3v) is 6.34. The topological polar surface area (TPSA) is 49.4 Å². The molecule has 4 rings (SSSR count). The van der Waals surface area contributed by atoms with Crippen molar-refractivity contribution in [3.63, 3.8) is 0 Å². The number of carbonyl (C=O) groups excluding carboxylic acids is 2. The summed E-state index contributed by atoms with van der Waals surface area (Å²) in [5.41, 5.74) is 4.07. The van der Waals surface area contributed by atoms with Gasteiger partial charge in [-0.15, -0.1) is 0 Å². The molecule has 0 aromatic heterocycles. The lowest BCUT2D eigenvalue weighted by Crippen LogP contribution is -2.32. The molecule has 1 N–H and O–H groups in total. The van der Waals surface area contributed by atoms with E-state index in [-0.39, 0.29) is 18.4 Å². The number of nitrogens with one attached hydrogen (secondary N) is 1. The van der Waals surface area contributed by atoms with Gasteiger partial charge in [0.25, 0.3) is 11.8 Å². The fourth-order valence-electron chi connectivity index (χ4n) is 3.29. The molecular formula is C25H21ClN2O2S. The summed E-state index contributed by atoms with van der Waals surface area (Å²) in [5.74, 6) is -0.632. The number of imide groups is 1. The smallest absolute Gasteiger partial charge is 0.278 e. The van der Waals surface area contributed by atoms with Gasteiger partial charge in [-0.25, -0.2) is 0 Å². The highest BCUT2D eigenvalue weighted by atomic mass is 35.5. The van der Waals surface area contributed by atoms with E-state index in [1.54, 1.807) is 12.1 Å². The first-order valence-corrected chi connectivity index (χ1v) is 11.0. The van der Waals surface area contributed by atoms with E-state index in [0.29, 0.717) is 15.6 Å². The van der Waals surface area contributed by atoms with Gasteiger partial charge in [-0.2, -0.15) is 0 Å². The van der Waals surface area contributed by atoms with E-state index < -0.39 is 0 Å². The first kappa shape index (κ1) is 21.2. The lowest BCUT2D eigenvalue weighted by molar-refractivity contribution is -0.137. The first-order chi connectivity index (χ1) is 14.9. The van der Waals surface area contributed by atoms with Gasteiger partial charge in [-0.3, -0.25) is 14.5 Å². The zero-order chi connectivity index (χ0) is 22.0. The maximum Gasteiger partial charge on any atom is 0.278 e. The van der Waals surface area contributed by atoms with Gasteiger partial charge in [-0.1, -0.05) is 65.8 Å². The second kappa shape index (κ2) is 9.00. The Hall–Kier alpha value is -3.02. The molecule has 0 fully saturated rings. The second-order valence-corrected chi connectivity index (χ2v) is 8.91. The van der Waals surface area contributed by atoms with Gasteiger partial charge in [0.05, 0.1) is 6.54 Å². The molecule has 156 valence electrons. The maximum atomic E-state index is 13.3. The third-order valence-electron chi connectivity index (χ3n) is 5.00. The molecule has 0 saturated heterocycles. The second-order valence-electron chi connectivity index (χ2n) is 7.39. The van der Waals surface area contributed by atoms with Gasteiger partial charge in [-0.05, 0) is 60.9 Å². The fraction of sp³-hybridized carbons (Fsp3) is 0.120. The number of hydrogen-bond acceptors (Lipinski definition) is 4. The molecule has 0 radical (unpaired) electrons. The molecule has 3 aromatic carbocycles. The molecule has 0 unspecified atom stereocenters. The number of rotatable bonds is 6. The van der Waals surface area contributed by atoms with Crippen LogP contribution < -0.4 is 5.32 Å². The Labute approximate surface area is 190 Å². The number of nitrogens with zero attached hydrogens (tertiary/aromatic N) is 1. The first-order valence-electron chi connectivity index (χ1n) is 9.84. The van der Waals surface area contributed by atoms with Gasteiger partial charge in [0.15, 0.2) is 0 Å². The Bertz CT molecular complexity index is 1170. The molecule has 1 heterocycles. The van der Waals surface area contributed by atoms with Crippen LogP contribution >= 0.6 is 23.4 Å². The normalized spacial score (nSPS) is 13.8. The highest BCUT2D eigenvalue weighted by Crippen LogP contribution is 2.37. The lowest BCUT2D eigenvalue weighted by atomic mass is 10.1. The monoisotopic (exact) mass is 448 g/mol. The van der Waals surface area contributed by atoms with Gasteiger partial charge in [0.2, 0.25) is 0 Å². The van der Waals surface area contributed by atoms with Crippen LogP contribution in [0.2, 0.25) is 5.02 Å². The van der Waals surface area contributed by atoms with Crippen LogP contribution in [0.4, 0.5) is 5.69 Å². The van der Waals surface area contributed by atoms with Crippen LogP contribution in [0.3, 0.4) is 0 Å². The molecule has 0 spiro atoms. The number of aryl methyl sites for hydroxylation is 2. The van der Waals surface area contributed by atoms with Gasteiger partial charge in [0, 0.05) is 15.6 Å². The Morgan fingerprint density at radius 3 is 2.32 bits per heavy atom. The number of halogens is 1. The van der Waals surface area contributed by atoms with Crippen LogP contribution in [-0.4, -0.2) is 16.7 Å². The highest BCUT2D eigenvalue weighted by molar-refractivity contribution is 8.04. The zero-order valence-corrected chi connectivity index (χ0v) is 18.8. The minimum absolute atomic E-state index is 0.223. The van der Waals surface area contributed by atoms with Crippen LogP contribution in [0.15, 0.2) is 88.3 Å². The highest BCUT2D eigenvalue weighted by Gasteiger charge is 2.39. The van der Waals surface area contributed by atoms with Gasteiger partial charge < -0.3 is 5.32 Å². The molecule has 0 bridgehead atoms. The van der Waals surface area contributed by atoms with Crippen LogP contribution in [0.5, 0.6) is 0 Å². The van der Waals surface area contributed by atoms with Crippen molar-refractivity contribution in [3.05, 3.63) is 105 Å². The molecule has 1 aliphatic heterocycles. The van der Waals surface area contributed by atoms with Crippen molar-refractivity contribution >= 4 is 40.9 Å². The summed E-state index contributed by atoms with van der Waals surface area (Å²) in [6.07, 6.45) is 0. The van der Waals surface area contributed by atoms with Crippen molar-refractivity contribution in [2.75, 3.05) is 5.32 Å². The molecule has 0 atom stereocenters. The zero-order valence-electron chi connectivity index (χ0n) is 17.2. The lowest BCUT2D eigenvalue weighted by Gasteiger charge is -2.16. The van der Waals surface area contributed by atoms with Crippen molar-refractivity contribution in [1.82, 2.24) is 4.90 Å². The predicted octanol–water partition coefficient (Wildman–Crippen LogP) is 5.94. The van der Waals surface area contributed by atoms with Crippen LogP contribution in [0.1, 0.15) is 16.7 Å². The average Bonchev–Trinajstić information content (AvgIpc) is 2.97. The quantitative estimate of drug-likeness (QED) is 0.474.